The summed E-state index contributed by atoms with van der Waals surface area (Å²) in [4.78, 5) is 8.21. The zero-order valence-corrected chi connectivity index (χ0v) is 11.9. The standard InChI is InChI=1S/C12H9Cl3N2O/c1-6-11(15)16-7(2)17-12(6)18-9-5-3-4-8(13)10(9)14/h3-5H,1-2H3. The Labute approximate surface area is 120 Å². The number of halogens is 3. The van der Waals surface area contributed by atoms with E-state index < -0.39 is 0 Å². The van der Waals surface area contributed by atoms with Crippen LogP contribution in [0.4, 0.5) is 0 Å². The van der Waals surface area contributed by atoms with Crippen molar-refractivity contribution in [3.05, 3.63) is 44.8 Å². The Morgan fingerprint density at radius 1 is 1.06 bits per heavy atom. The first-order valence-corrected chi connectivity index (χ1v) is 6.25. The molecule has 1 aromatic carbocycles. The molecule has 0 unspecified atom stereocenters. The van der Waals surface area contributed by atoms with Crippen molar-refractivity contribution in [2.75, 3.05) is 0 Å². The summed E-state index contributed by atoms with van der Waals surface area (Å²) in [7, 11) is 0. The van der Waals surface area contributed by atoms with E-state index in [9.17, 15) is 0 Å². The van der Waals surface area contributed by atoms with Crippen LogP contribution in [0, 0.1) is 13.8 Å². The summed E-state index contributed by atoms with van der Waals surface area (Å²) in [5.74, 6) is 1.33. The van der Waals surface area contributed by atoms with Gasteiger partial charge in [-0.1, -0.05) is 40.9 Å². The molecule has 0 radical (unpaired) electrons. The maximum atomic E-state index is 6.04. The molecule has 18 heavy (non-hydrogen) atoms. The minimum atomic E-state index is 0.339. The average molecular weight is 304 g/mol. The van der Waals surface area contributed by atoms with Crippen LogP contribution in [0.15, 0.2) is 18.2 Å². The SMILES string of the molecule is Cc1nc(Cl)c(C)c(Oc2cccc(Cl)c2Cl)n1. The highest BCUT2D eigenvalue weighted by Gasteiger charge is 2.12. The number of ether oxygens (including phenoxy) is 1. The molecule has 0 saturated heterocycles. The van der Waals surface area contributed by atoms with Crippen LogP contribution in [0.25, 0.3) is 0 Å². The van der Waals surface area contributed by atoms with Gasteiger partial charge < -0.3 is 4.74 Å². The molecule has 6 heteroatoms. The van der Waals surface area contributed by atoms with Crippen LogP contribution in [0.3, 0.4) is 0 Å². The summed E-state index contributed by atoms with van der Waals surface area (Å²) in [6.45, 7) is 3.51. The molecule has 1 aromatic heterocycles. The zero-order chi connectivity index (χ0) is 13.3. The molecule has 0 N–H and O–H groups in total. The van der Waals surface area contributed by atoms with E-state index >= 15 is 0 Å². The smallest absolute Gasteiger partial charge is 0.227 e. The van der Waals surface area contributed by atoms with Gasteiger partial charge in [0.05, 0.1) is 5.02 Å². The first-order valence-electron chi connectivity index (χ1n) is 5.11. The van der Waals surface area contributed by atoms with E-state index in [1.807, 2.05) is 0 Å². The molecule has 3 nitrogen and oxygen atoms in total. The third-order valence-electron chi connectivity index (χ3n) is 2.28. The van der Waals surface area contributed by atoms with E-state index in [1.165, 1.54) is 0 Å². The predicted molar refractivity (Wildman–Crippen MR) is 73.1 cm³/mol. The summed E-state index contributed by atoms with van der Waals surface area (Å²) in [6.07, 6.45) is 0. The van der Waals surface area contributed by atoms with E-state index in [0.29, 0.717) is 38.2 Å². The minimum Gasteiger partial charge on any atom is -0.437 e. The van der Waals surface area contributed by atoms with Crippen LogP contribution < -0.4 is 4.74 Å². The third kappa shape index (κ3) is 2.69. The van der Waals surface area contributed by atoms with Gasteiger partial charge in [0.2, 0.25) is 5.88 Å². The van der Waals surface area contributed by atoms with Crippen molar-refractivity contribution < 1.29 is 4.74 Å². The Balaban J connectivity index is 2.43. The first-order chi connectivity index (χ1) is 8.49. The molecule has 0 saturated carbocycles. The predicted octanol–water partition coefficient (Wildman–Crippen LogP) is 4.85. The molecule has 0 amide bonds. The minimum absolute atomic E-state index is 0.339. The molecule has 2 rings (SSSR count). The lowest BCUT2D eigenvalue weighted by Crippen LogP contribution is -1.97. The second-order valence-corrected chi connectivity index (χ2v) is 4.79. The highest BCUT2D eigenvalue weighted by atomic mass is 35.5. The van der Waals surface area contributed by atoms with Gasteiger partial charge in [0.15, 0.2) is 0 Å². The van der Waals surface area contributed by atoms with Crippen LogP contribution in [-0.2, 0) is 0 Å². The monoisotopic (exact) mass is 302 g/mol. The normalized spacial score (nSPS) is 10.5. The molecule has 0 bridgehead atoms. The lowest BCUT2D eigenvalue weighted by atomic mass is 10.3. The highest BCUT2D eigenvalue weighted by molar-refractivity contribution is 6.42. The average Bonchev–Trinajstić information content (AvgIpc) is 2.31. The van der Waals surface area contributed by atoms with E-state index in [0.717, 1.165) is 0 Å². The molecular formula is C12H9Cl3N2O. The Morgan fingerprint density at radius 3 is 2.50 bits per heavy atom. The van der Waals surface area contributed by atoms with Gasteiger partial charge in [0, 0.05) is 5.56 Å². The molecule has 0 fully saturated rings. The molecule has 0 aliphatic carbocycles. The van der Waals surface area contributed by atoms with Gasteiger partial charge in [-0.2, -0.15) is 4.98 Å². The van der Waals surface area contributed by atoms with Crippen LogP contribution in [0.1, 0.15) is 11.4 Å². The summed E-state index contributed by atoms with van der Waals surface area (Å²) in [6, 6.07) is 5.13. The van der Waals surface area contributed by atoms with E-state index in [1.54, 1.807) is 32.0 Å². The van der Waals surface area contributed by atoms with Crippen LogP contribution in [0.2, 0.25) is 15.2 Å². The number of benzene rings is 1. The second kappa shape index (κ2) is 5.31. The van der Waals surface area contributed by atoms with E-state index in [2.05, 4.69) is 9.97 Å². The van der Waals surface area contributed by atoms with Crippen molar-refractivity contribution in [3.63, 3.8) is 0 Å². The van der Waals surface area contributed by atoms with Gasteiger partial charge in [0.1, 0.15) is 21.7 Å². The number of aryl methyl sites for hydroxylation is 1. The van der Waals surface area contributed by atoms with Crippen LogP contribution in [0.5, 0.6) is 11.6 Å². The van der Waals surface area contributed by atoms with Gasteiger partial charge in [0.25, 0.3) is 0 Å². The van der Waals surface area contributed by atoms with Crippen LogP contribution in [-0.4, -0.2) is 9.97 Å². The summed E-state index contributed by atoms with van der Waals surface area (Å²) >= 11 is 17.9. The molecule has 2 aromatic rings. The molecule has 0 aliphatic rings. The molecule has 1 heterocycles. The number of nitrogens with zero attached hydrogens (tertiary/aromatic N) is 2. The molecule has 0 atom stereocenters. The van der Waals surface area contributed by atoms with Gasteiger partial charge in [-0.3, -0.25) is 0 Å². The van der Waals surface area contributed by atoms with Crippen molar-refractivity contribution in [2.24, 2.45) is 0 Å². The summed E-state index contributed by atoms with van der Waals surface area (Å²) < 4.78 is 5.63. The fourth-order valence-corrected chi connectivity index (χ4v) is 1.87. The number of hydrogen-bond donors (Lipinski definition) is 0. The van der Waals surface area contributed by atoms with Gasteiger partial charge in [-0.15, -0.1) is 0 Å². The van der Waals surface area contributed by atoms with Gasteiger partial charge >= 0.3 is 0 Å². The third-order valence-corrected chi connectivity index (χ3v) is 3.45. The molecule has 94 valence electrons. The fraction of sp³-hybridized carbons (Fsp3) is 0.167. The largest absolute Gasteiger partial charge is 0.437 e. The van der Waals surface area contributed by atoms with Gasteiger partial charge in [-0.05, 0) is 26.0 Å². The van der Waals surface area contributed by atoms with Crippen molar-refractivity contribution >= 4 is 34.8 Å². The van der Waals surface area contributed by atoms with Crippen molar-refractivity contribution in [1.82, 2.24) is 9.97 Å². The Bertz CT molecular complexity index is 602. The molecular weight excluding hydrogens is 295 g/mol. The first kappa shape index (κ1) is 13.4. The highest BCUT2D eigenvalue weighted by Crippen LogP contribution is 2.35. The van der Waals surface area contributed by atoms with Crippen molar-refractivity contribution in [3.8, 4) is 11.6 Å². The summed E-state index contributed by atoms with van der Waals surface area (Å²) in [5.41, 5.74) is 0.651. The van der Waals surface area contributed by atoms with Crippen molar-refractivity contribution in [2.45, 2.75) is 13.8 Å². The van der Waals surface area contributed by atoms with Gasteiger partial charge in [-0.25, -0.2) is 4.98 Å². The zero-order valence-electron chi connectivity index (χ0n) is 9.67. The number of rotatable bonds is 2. The van der Waals surface area contributed by atoms with E-state index in [-0.39, 0.29) is 0 Å². The Morgan fingerprint density at radius 2 is 1.78 bits per heavy atom. The number of aromatic nitrogens is 2. The second-order valence-electron chi connectivity index (χ2n) is 3.65. The van der Waals surface area contributed by atoms with E-state index in [4.69, 9.17) is 39.5 Å². The lowest BCUT2D eigenvalue weighted by molar-refractivity contribution is 0.456. The topological polar surface area (TPSA) is 35.0 Å². The van der Waals surface area contributed by atoms with Crippen LogP contribution >= 0.6 is 34.8 Å². The quantitative estimate of drug-likeness (QED) is 0.744. The molecule has 0 aliphatic heterocycles. The maximum absolute atomic E-state index is 6.04. The number of hydrogen-bond acceptors (Lipinski definition) is 3. The lowest BCUT2D eigenvalue weighted by Gasteiger charge is -2.10. The Kier molecular flexibility index (Phi) is 3.95. The van der Waals surface area contributed by atoms with Crippen molar-refractivity contribution in [1.29, 1.82) is 0 Å². The summed E-state index contributed by atoms with van der Waals surface area (Å²) in [5, 5.41) is 1.12. The maximum Gasteiger partial charge on any atom is 0.227 e. The fourth-order valence-electron chi connectivity index (χ4n) is 1.34. The Hall–Kier alpha value is -1.03. The molecule has 0 spiro atoms.